The molecule has 0 spiro atoms. The number of nitro benzene ring substituents is 1. The molecular formula is C29H32ClN3O6. The molecule has 206 valence electrons. The van der Waals surface area contributed by atoms with Crippen molar-refractivity contribution in [2.75, 3.05) is 13.7 Å². The van der Waals surface area contributed by atoms with Crippen LogP contribution in [0, 0.1) is 10.1 Å². The van der Waals surface area contributed by atoms with Crippen molar-refractivity contribution < 1.29 is 24.0 Å². The summed E-state index contributed by atoms with van der Waals surface area (Å²) in [5.74, 6) is -0.485. The largest absolute Gasteiger partial charge is 0.490 e. The van der Waals surface area contributed by atoms with Crippen LogP contribution in [0.3, 0.4) is 0 Å². The molecule has 2 atom stereocenters. The van der Waals surface area contributed by atoms with Crippen molar-refractivity contribution in [1.29, 1.82) is 0 Å². The highest BCUT2D eigenvalue weighted by Gasteiger charge is 2.31. The van der Waals surface area contributed by atoms with E-state index in [0.29, 0.717) is 11.4 Å². The molecule has 0 aliphatic carbocycles. The monoisotopic (exact) mass is 553 g/mol. The van der Waals surface area contributed by atoms with E-state index in [9.17, 15) is 19.7 Å². The first-order chi connectivity index (χ1) is 18.7. The SMILES string of the molecule is CC[C@H](C)NC(=O)[C@@H](Cc1ccccc1)N(Cc1cccc(Cl)c1)C(=O)COc1ccc([N+](=O)[O-])c(OC)c1. The fourth-order valence-corrected chi connectivity index (χ4v) is 4.17. The van der Waals surface area contributed by atoms with Gasteiger partial charge in [0, 0.05) is 36.2 Å². The number of carbonyl (C=O) groups is 2. The number of nitro groups is 1. The summed E-state index contributed by atoms with van der Waals surface area (Å²) in [6.07, 6.45) is 1.03. The molecule has 0 bridgehead atoms. The topological polar surface area (TPSA) is 111 Å². The van der Waals surface area contributed by atoms with Gasteiger partial charge in [0.05, 0.1) is 12.0 Å². The quantitative estimate of drug-likeness (QED) is 0.230. The van der Waals surface area contributed by atoms with E-state index in [1.165, 1.54) is 30.2 Å². The standard InChI is InChI=1S/C29H32ClN3O6/c1-4-20(2)31-29(35)26(16-21-9-6-5-7-10-21)32(18-22-11-8-12-23(30)15-22)28(34)19-39-24-13-14-25(33(36)37)27(17-24)38-3/h5-15,17,20,26H,4,16,18-19H2,1-3H3,(H,31,35)/t20-,26+/m0/s1. The fourth-order valence-electron chi connectivity index (χ4n) is 3.95. The first-order valence-corrected chi connectivity index (χ1v) is 12.9. The molecule has 0 radical (unpaired) electrons. The van der Waals surface area contributed by atoms with E-state index in [-0.39, 0.29) is 35.7 Å². The number of nitrogens with one attached hydrogen (secondary N) is 1. The summed E-state index contributed by atoms with van der Waals surface area (Å²) in [4.78, 5) is 39.3. The normalized spacial score (nSPS) is 12.2. The Morgan fingerprint density at radius 1 is 1.05 bits per heavy atom. The number of ether oxygens (including phenoxy) is 2. The molecule has 0 fully saturated rings. The molecule has 10 heteroatoms. The molecule has 39 heavy (non-hydrogen) atoms. The smallest absolute Gasteiger partial charge is 0.311 e. The number of benzene rings is 3. The van der Waals surface area contributed by atoms with Crippen LogP contribution in [0.2, 0.25) is 5.02 Å². The molecule has 1 N–H and O–H groups in total. The summed E-state index contributed by atoms with van der Waals surface area (Å²) in [5, 5.41) is 14.7. The number of hydrogen-bond donors (Lipinski definition) is 1. The predicted octanol–water partition coefficient (Wildman–Crippen LogP) is 5.19. The lowest BCUT2D eigenvalue weighted by Crippen LogP contribution is -2.53. The Hall–Kier alpha value is -4.11. The molecule has 0 aliphatic heterocycles. The van der Waals surface area contributed by atoms with E-state index in [0.717, 1.165) is 17.5 Å². The highest BCUT2D eigenvalue weighted by Crippen LogP contribution is 2.31. The van der Waals surface area contributed by atoms with Crippen molar-refractivity contribution in [3.8, 4) is 11.5 Å². The van der Waals surface area contributed by atoms with Gasteiger partial charge in [-0.15, -0.1) is 0 Å². The third kappa shape index (κ3) is 8.44. The average molecular weight is 554 g/mol. The van der Waals surface area contributed by atoms with Gasteiger partial charge in [0.1, 0.15) is 11.8 Å². The summed E-state index contributed by atoms with van der Waals surface area (Å²) >= 11 is 6.20. The van der Waals surface area contributed by atoms with Crippen LogP contribution < -0.4 is 14.8 Å². The van der Waals surface area contributed by atoms with Crippen molar-refractivity contribution in [2.45, 2.75) is 45.3 Å². The van der Waals surface area contributed by atoms with Crippen LogP contribution in [0.25, 0.3) is 0 Å². The summed E-state index contributed by atoms with van der Waals surface area (Å²) < 4.78 is 10.8. The number of nitrogens with zero attached hydrogens (tertiary/aromatic N) is 2. The predicted molar refractivity (Wildman–Crippen MR) is 149 cm³/mol. The maximum Gasteiger partial charge on any atom is 0.311 e. The summed E-state index contributed by atoms with van der Waals surface area (Å²) in [6, 6.07) is 19.7. The van der Waals surface area contributed by atoms with Gasteiger partial charge in [-0.3, -0.25) is 19.7 Å². The molecule has 3 rings (SSSR count). The van der Waals surface area contributed by atoms with Crippen LogP contribution in [0.15, 0.2) is 72.8 Å². The van der Waals surface area contributed by atoms with Crippen LogP contribution in [-0.2, 0) is 22.6 Å². The van der Waals surface area contributed by atoms with E-state index >= 15 is 0 Å². The molecule has 0 aromatic heterocycles. The highest BCUT2D eigenvalue weighted by molar-refractivity contribution is 6.30. The Labute approximate surface area is 232 Å². The molecule has 0 unspecified atom stereocenters. The van der Waals surface area contributed by atoms with Crippen LogP contribution in [0.5, 0.6) is 11.5 Å². The third-order valence-corrected chi connectivity index (χ3v) is 6.46. The molecule has 0 saturated heterocycles. The van der Waals surface area contributed by atoms with Gasteiger partial charge < -0.3 is 19.7 Å². The van der Waals surface area contributed by atoms with Crippen molar-refractivity contribution in [2.24, 2.45) is 0 Å². The van der Waals surface area contributed by atoms with Gasteiger partial charge >= 0.3 is 5.69 Å². The van der Waals surface area contributed by atoms with Gasteiger partial charge in [-0.1, -0.05) is 61.0 Å². The van der Waals surface area contributed by atoms with Crippen LogP contribution in [-0.4, -0.2) is 47.4 Å². The van der Waals surface area contributed by atoms with Crippen LogP contribution in [0.1, 0.15) is 31.4 Å². The number of amides is 2. The lowest BCUT2D eigenvalue weighted by Gasteiger charge is -2.32. The van der Waals surface area contributed by atoms with E-state index in [1.807, 2.05) is 50.2 Å². The highest BCUT2D eigenvalue weighted by atomic mass is 35.5. The number of carbonyl (C=O) groups excluding carboxylic acids is 2. The van der Waals surface area contributed by atoms with Crippen molar-refractivity contribution in [3.63, 3.8) is 0 Å². The maximum atomic E-state index is 13.7. The maximum absolute atomic E-state index is 13.7. The van der Waals surface area contributed by atoms with Gasteiger partial charge in [0.2, 0.25) is 11.7 Å². The van der Waals surface area contributed by atoms with Gasteiger partial charge in [0.25, 0.3) is 5.91 Å². The number of halogens is 1. The van der Waals surface area contributed by atoms with E-state index < -0.39 is 23.5 Å². The number of hydrogen-bond acceptors (Lipinski definition) is 6. The zero-order valence-electron chi connectivity index (χ0n) is 22.1. The first kappa shape index (κ1) is 29.4. The Morgan fingerprint density at radius 3 is 2.41 bits per heavy atom. The second kappa shape index (κ2) is 14.2. The number of rotatable bonds is 13. The van der Waals surface area contributed by atoms with Gasteiger partial charge in [0.15, 0.2) is 6.61 Å². The minimum atomic E-state index is -0.831. The zero-order valence-corrected chi connectivity index (χ0v) is 22.9. The molecule has 3 aromatic carbocycles. The Morgan fingerprint density at radius 2 is 1.77 bits per heavy atom. The lowest BCUT2D eigenvalue weighted by molar-refractivity contribution is -0.385. The molecule has 0 saturated carbocycles. The van der Waals surface area contributed by atoms with Gasteiger partial charge in [-0.25, -0.2) is 0 Å². The van der Waals surface area contributed by atoms with Gasteiger partial charge in [-0.05, 0) is 42.7 Å². The molecule has 3 aromatic rings. The van der Waals surface area contributed by atoms with Crippen molar-refractivity contribution in [1.82, 2.24) is 10.2 Å². The number of methoxy groups -OCH3 is 1. The fraction of sp³-hybridized carbons (Fsp3) is 0.310. The van der Waals surface area contributed by atoms with E-state index in [1.54, 1.807) is 18.2 Å². The summed E-state index contributed by atoms with van der Waals surface area (Å²) in [7, 11) is 1.31. The Bertz CT molecular complexity index is 1290. The van der Waals surface area contributed by atoms with Crippen molar-refractivity contribution >= 4 is 29.1 Å². The Balaban J connectivity index is 1.92. The minimum Gasteiger partial charge on any atom is -0.490 e. The van der Waals surface area contributed by atoms with Crippen LogP contribution in [0.4, 0.5) is 5.69 Å². The first-order valence-electron chi connectivity index (χ1n) is 12.5. The molecule has 0 aliphatic rings. The molecule has 9 nitrogen and oxygen atoms in total. The molecule has 2 amide bonds. The van der Waals surface area contributed by atoms with Crippen LogP contribution >= 0.6 is 11.6 Å². The summed E-state index contributed by atoms with van der Waals surface area (Å²) in [6.45, 7) is 3.60. The van der Waals surface area contributed by atoms with Crippen molar-refractivity contribution in [3.05, 3.63) is 99.1 Å². The van der Waals surface area contributed by atoms with E-state index in [4.69, 9.17) is 21.1 Å². The second-order valence-corrected chi connectivity index (χ2v) is 9.49. The second-order valence-electron chi connectivity index (χ2n) is 9.05. The lowest BCUT2D eigenvalue weighted by atomic mass is 10.0. The van der Waals surface area contributed by atoms with Gasteiger partial charge in [-0.2, -0.15) is 0 Å². The van der Waals surface area contributed by atoms with E-state index in [2.05, 4.69) is 5.32 Å². The third-order valence-electron chi connectivity index (χ3n) is 6.22. The minimum absolute atomic E-state index is 0.00983. The Kier molecular flexibility index (Phi) is 10.7. The average Bonchev–Trinajstić information content (AvgIpc) is 2.93. The molecule has 0 heterocycles. The summed E-state index contributed by atoms with van der Waals surface area (Å²) in [5.41, 5.74) is 1.43. The zero-order chi connectivity index (χ0) is 28.4. The molecular weight excluding hydrogens is 522 g/mol.